The molecular weight excluding hydrogens is 102 g/mol. The summed E-state index contributed by atoms with van der Waals surface area (Å²) in [5.41, 5.74) is 0. The minimum absolute atomic E-state index is 0.0237. The van der Waals surface area contributed by atoms with Crippen LogP contribution in [-0.2, 0) is 0 Å². The van der Waals surface area contributed by atoms with Crippen molar-refractivity contribution in [2.75, 3.05) is 0 Å². The van der Waals surface area contributed by atoms with E-state index in [2.05, 4.69) is 11.6 Å². The average Bonchev–Trinajstić information content (AvgIpc) is 1.66. The molecule has 0 heterocycles. The van der Waals surface area contributed by atoms with E-state index in [1.165, 1.54) is 12.3 Å². The Morgan fingerprint density at radius 1 is 1.75 bits per heavy atom. The number of aliphatic imine (C=N–C) groups is 1. The molecule has 0 saturated heterocycles. The van der Waals surface area contributed by atoms with Crippen molar-refractivity contribution in [3.05, 3.63) is 24.6 Å². The van der Waals surface area contributed by atoms with Crippen LogP contribution < -0.4 is 0 Å². The van der Waals surface area contributed by atoms with Gasteiger partial charge in [0, 0.05) is 12.4 Å². The zero-order chi connectivity index (χ0) is 6.41. The third-order valence-corrected chi connectivity index (χ3v) is 0.502. The van der Waals surface area contributed by atoms with E-state index in [-0.39, 0.29) is 5.76 Å². The van der Waals surface area contributed by atoms with E-state index in [0.29, 0.717) is 0 Å². The van der Waals surface area contributed by atoms with E-state index in [1.807, 2.05) is 0 Å². The van der Waals surface area contributed by atoms with E-state index in [0.717, 1.165) is 0 Å². The van der Waals surface area contributed by atoms with Crippen LogP contribution in [0.2, 0.25) is 0 Å². The van der Waals surface area contributed by atoms with Crippen LogP contribution in [0.15, 0.2) is 29.6 Å². The summed E-state index contributed by atoms with van der Waals surface area (Å²) in [5, 5.41) is 8.42. The fourth-order valence-electron chi connectivity index (χ4n) is 0.215. The van der Waals surface area contributed by atoms with E-state index in [9.17, 15) is 0 Å². The van der Waals surface area contributed by atoms with Gasteiger partial charge in [0.1, 0.15) is 5.76 Å². The molecule has 0 aliphatic rings. The van der Waals surface area contributed by atoms with Gasteiger partial charge >= 0.3 is 0 Å². The highest BCUT2D eigenvalue weighted by atomic mass is 16.3. The lowest BCUT2D eigenvalue weighted by Gasteiger charge is -1.78. The lowest BCUT2D eigenvalue weighted by atomic mass is 10.5. The van der Waals surface area contributed by atoms with Crippen molar-refractivity contribution in [2.45, 2.75) is 6.92 Å². The molecule has 0 bridgehead atoms. The van der Waals surface area contributed by atoms with Crippen LogP contribution in [0.4, 0.5) is 0 Å². The van der Waals surface area contributed by atoms with E-state index < -0.39 is 0 Å². The number of hydrogen-bond acceptors (Lipinski definition) is 2. The number of rotatable bonds is 2. The Bertz CT molecular complexity index is 124. The van der Waals surface area contributed by atoms with Crippen LogP contribution >= 0.6 is 0 Å². The second-order valence-electron chi connectivity index (χ2n) is 1.21. The summed E-state index contributed by atoms with van der Waals surface area (Å²) in [6, 6.07) is 0. The monoisotopic (exact) mass is 111 g/mol. The van der Waals surface area contributed by atoms with Crippen LogP contribution in [0.3, 0.4) is 0 Å². The molecule has 0 fully saturated rings. The van der Waals surface area contributed by atoms with E-state index in [4.69, 9.17) is 5.11 Å². The Labute approximate surface area is 48.9 Å². The van der Waals surface area contributed by atoms with Crippen molar-refractivity contribution in [3.8, 4) is 0 Å². The number of aliphatic hydroxyl groups excluding tert-OH is 1. The molecule has 0 aliphatic heterocycles. The van der Waals surface area contributed by atoms with Crippen molar-refractivity contribution in [1.29, 1.82) is 0 Å². The van der Waals surface area contributed by atoms with Crippen molar-refractivity contribution in [1.82, 2.24) is 0 Å². The molecule has 1 N–H and O–H groups in total. The maximum Gasteiger partial charge on any atom is 0.109 e. The minimum atomic E-state index is 0.0237. The first-order valence-corrected chi connectivity index (χ1v) is 2.29. The zero-order valence-corrected chi connectivity index (χ0v) is 4.83. The van der Waals surface area contributed by atoms with E-state index >= 15 is 0 Å². The molecule has 0 aromatic carbocycles. The predicted octanol–water partition coefficient (Wildman–Crippen LogP) is 1.66. The molecule has 0 aromatic rings. The first kappa shape index (κ1) is 6.95. The molecule has 44 valence electrons. The molecular formula is C6H9NO. The topological polar surface area (TPSA) is 32.6 Å². The molecule has 0 spiro atoms. The Kier molecular flexibility index (Phi) is 3.58. The highest BCUT2D eigenvalue weighted by molar-refractivity contribution is 5.54. The van der Waals surface area contributed by atoms with Gasteiger partial charge in [-0.05, 0) is 13.0 Å². The third-order valence-electron chi connectivity index (χ3n) is 0.502. The Balaban J connectivity index is 3.50. The second-order valence-corrected chi connectivity index (χ2v) is 1.21. The van der Waals surface area contributed by atoms with Crippen molar-refractivity contribution in [2.24, 2.45) is 4.99 Å². The summed E-state index contributed by atoms with van der Waals surface area (Å²) in [6.45, 7) is 5.02. The molecule has 8 heavy (non-hydrogen) atoms. The Morgan fingerprint density at radius 2 is 2.38 bits per heavy atom. The predicted molar refractivity (Wildman–Crippen MR) is 35.1 cm³/mol. The fourth-order valence-corrected chi connectivity index (χ4v) is 0.215. The van der Waals surface area contributed by atoms with Crippen LogP contribution in [0.1, 0.15) is 6.92 Å². The second kappa shape index (κ2) is 4.12. The molecule has 0 atom stereocenters. The summed E-state index contributed by atoms with van der Waals surface area (Å²) in [6.07, 6.45) is 4.52. The van der Waals surface area contributed by atoms with Crippen molar-refractivity contribution >= 4 is 6.21 Å². The highest BCUT2D eigenvalue weighted by Crippen LogP contribution is 1.83. The summed E-state index contributed by atoms with van der Waals surface area (Å²) < 4.78 is 0. The number of aliphatic hydroxyl groups is 1. The maximum absolute atomic E-state index is 8.42. The van der Waals surface area contributed by atoms with Gasteiger partial charge in [-0.25, -0.2) is 0 Å². The molecule has 0 aromatic heterocycles. The number of allylic oxidation sites excluding steroid dienone is 1. The summed E-state index contributed by atoms with van der Waals surface area (Å²) in [4.78, 5) is 3.69. The smallest absolute Gasteiger partial charge is 0.109 e. The first-order chi connectivity index (χ1) is 3.77. The molecule has 0 amide bonds. The normalized spacial score (nSPS) is 11.1. The lowest BCUT2D eigenvalue weighted by molar-refractivity contribution is 0.435. The van der Waals surface area contributed by atoms with Gasteiger partial charge < -0.3 is 5.11 Å². The standard InChI is InChI=1S/C6H9NO/c1-3-7-5-4-6(2)8/h3-5,8H,2H2,1H3/b5-4-,7-3?. The largest absolute Gasteiger partial charge is 0.509 e. The van der Waals surface area contributed by atoms with Gasteiger partial charge in [-0.2, -0.15) is 0 Å². The van der Waals surface area contributed by atoms with Gasteiger partial charge in [0.15, 0.2) is 0 Å². The molecule has 0 aliphatic carbocycles. The lowest BCUT2D eigenvalue weighted by Crippen LogP contribution is -1.64. The Morgan fingerprint density at radius 3 is 2.75 bits per heavy atom. The van der Waals surface area contributed by atoms with Crippen LogP contribution in [0.25, 0.3) is 0 Å². The number of hydrogen-bond donors (Lipinski definition) is 1. The van der Waals surface area contributed by atoms with Crippen molar-refractivity contribution < 1.29 is 5.11 Å². The third kappa shape index (κ3) is 4.95. The highest BCUT2D eigenvalue weighted by Gasteiger charge is 1.69. The summed E-state index contributed by atoms with van der Waals surface area (Å²) in [5.74, 6) is 0.0237. The Hall–Kier alpha value is -1.05. The van der Waals surface area contributed by atoms with Gasteiger partial charge in [0.05, 0.1) is 0 Å². The molecule has 0 unspecified atom stereocenters. The van der Waals surface area contributed by atoms with E-state index in [1.54, 1.807) is 13.1 Å². The summed E-state index contributed by atoms with van der Waals surface area (Å²) >= 11 is 0. The molecule has 2 heteroatoms. The van der Waals surface area contributed by atoms with Crippen molar-refractivity contribution in [3.63, 3.8) is 0 Å². The van der Waals surface area contributed by atoms with Crippen LogP contribution in [0.5, 0.6) is 0 Å². The van der Waals surface area contributed by atoms with Crippen LogP contribution in [-0.4, -0.2) is 11.3 Å². The molecule has 0 rings (SSSR count). The molecule has 0 radical (unpaired) electrons. The summed E-state index contributed by atoms with van der Waals surface area (Å²) in [7, 11) is 0. The molecule has 0 saturated carbocycles. The fraction of sp³-hybridized carbons (Fsp3) is 0.167. The van der Waals surface area contributed by atoms with Gasteiger partial charge in [-0.3, -0.25) is 4.99 Å². The first-order valence-electron chi connectivity index (χ1n) is 2.29. The quantitative estimate of drug-likeness (QED) is 0.328. The SMILES string of the molecule is C=C(O)/C=C\N=CC. The van der Waals surface area contributed by atoms with Gasteiger partial charge in [0.25, 0.3) is 0 Å². The zero-order valence-electron chi connectivity index (χ0n) is 4.83. The average molecular weight is 111 g/mol. The minimum Gasteiger partial charge on any atom is -0.509 e. The molecule has 2 nitrogen and oxygen atoms in total. The van der Waals surface area contributed by atoms with Gasteiger partial charge in [-0.1, -0.05) is 6.58 Å². The number of nitrogens with zero attached hydrogens (tertiary/aromatic N) is 1. The maximum atomic E-state index is 8.42. The van der Waals surface area contributed by atoms with Gasteiger partial charge in [0.2, 0.25) is 0 Å². The van der Waals surface area contributed by atoms with Crippen LogP contribution in [0, 0.1) is 0 Å². The van der Waals surface area contributed by atoms with Gasteiger partial charge in [-0.15, -0.1) is 0 Å².